The summed E-state index contributed by atoms with van der Waals surface area (Å²) in [5, 5.41) is 3.83. The maximum atomic E-state index is 13.9. The second kappa shape index (κ2) is 9.51. The molecule has 4 rings (SSSR count). The minimum absolute atomic E-state index is 0.00913. The largest absolute Gasteiger partial charge is 0.486 e. The molecule has 1 fully saturated rings. The van der Waals surface area contributed by atoms with Gasteiger partial charge in [-0.05, 0) is 38.1 Å². The predicted molar refractivity (Wildman–Crippen MR) is 118 cm³/mol. The van der Waals surface area contributed by atoms with E-state index in [0.717, 1.165) is 17.7 Å². The van der Waals surface area contributed by atoms with Gasteiger partial charge >= 0.3 is 0 Å². The van der Waals surface area contributed by atoms with Crippen molar-refractivity contribution >= 4 is 15.9 Å². The summed E-state index contributed by atoms with van der Waals surface area (Å²) >= 11 is 0. The van der Waals surface area contributed by atoms with E-state index in [2.05, 4.69) is 5.16 Å². The number of carbonyl (C=O) groups excluding carboxylic acids is 1. The first-order valence-corrected chi connectivity index (χ1v) is 12.0. The van der Waals surface area contributed by atoms with Gasteiger partial charge in [-0.3, -0.25) is 4.79 Å². The first-order chi connectivity index (χ1) is 16.2. The zero-order chi connectivity index (χ0) is 24.5. The number of piperazine rings is 1. The van der Waals surface area contributed by atoms with E-state index < -0.39 is 27.6 Å². The van der Waals surface area contributed by atoms with Crippen LogP contribution in [0, 0.1) is 25.5 Å². The summed E-state index contributed by atoms with van der Waals surface area (Å²) < 4.78 is 64.7. The van der Waals surface area contributed by atoms with Gasteiger partial charge in [0.1, 0.15) is 18.2 Å². The number of aryl methyl sites for hydroxylation is 2. The Morgan fingerprint density at radius 1 is 1.06 bits per heavy atom. The van der Waals surface area contributed by atoms with E-state index >= 15 is 0 Å². The van der Waals surface area contributed by atoms with Crippen LogP contribution in [-0.4, -0.2) is 54.9 Å². The van der Waals surface area contributed by atoms with Crippen molar-refractivity contribution in [2.75, 3.05) is 26.2 Å². The van der Waals surface area contributed by atoms with Gasteiger partial charge in [-0.2, -0.15) is 4.31 Å². The van der Waals surface area contributed by atoms with Gasteiger partial charge in [-0.25, -0.2) is 17.2 Å². The van der Waals surface area contributed by atoms with E-state index in [-0.39, 0.29) is 49.1 Å². The van der Waals surface area contributed by atoms with Crippen LogP contribution in [0.25, 0.3) is 0 Å². The van der Waals surface area contributed by atoms with Crippen molar-refractivity contribution < 1.29 is 31.3 Å². The maximum absolute atomic E-state index is 13.9. The van der Waals surface area contributed by atoms with E-state index in [1.54, 1.807) is 31.2 Å². The number of halogens is 2. The molecule has 0 N–H and O–H groups in total. The average molecular weight is 492 g/mol. The minimum Gasteiger partial charge on any atom is -0.486 e. The Morgan fingerprint density at radius 3 is 2.38 bits per heavy atom. The normalized spacial score (nSPS) is 14.9. The third-order valence-corrected chi connectivity index (χ3v) is 7.55. The van der Waals surface area contributed by atoms with Gasteiger partial charge < -0.3 is 14.2 Å². The minimum atomic E-state index is -3.66. The molecule has 1 aromatic heterocycles. The Balaban J connectivity index is 1.43. The Labute approximate surface area is 195 Å². The van der Waals surface area contributed by atoms with Crippen molar-refractivity contribution in [3.63, 3.8) is 0 Å². The Morgan fingerprint density at radius 2 is 1.74 bits per heavy atom. The number of hydrogen-bond donors (Lipinski definition) is 0. The van der Waals surface area contributed by atoms with Gasteiger partial charge in [0.05, 0.1) is 10.5 Å². The smallest absolute Gasteiger partial charge is 0.276 e. The number of hydrogen-bond acceptors (Lipinski definition) is 6. The number of nitrogens with zero attached hydrogens (tertiary/aromatic N) is 3. The highest BCUT2D eigenvalue weighted by molar-refractivity contribution is 7.89. The molecule has 1 aliphatic heterocycles. The topological polar surface area (TPSA) is 93.0 Å². The monoisotopic (exact) mass is 491 g/mol. The van der Waals surface area contributed by atoms with E-state index in [9.17, 15) is 22.0 Å². The molecular formula is C23H23F2N3O5S. The summed E-state index contributed by atoms with van der Waals surface area (Å²) in [7, 11) is -3.66. The molecule has 8 nitrogen and oxygen atoms in total. The van der Waals surface area contributed by atoms with Crippen LogP contribution in [-0.2, 0) is 16.6 Å². The van der Waals surface area contributed by atoms with Crippen molar-refractivity contribution in [1.82, 2.24) is 14.4 Å². The molecule has 3 aromatic rings. The van der Waals surface area contributed by atoms with Crippen molar-refractivity contribution in [2.45, 2.75) is 25.3 Å². The number of carbonyl (C=O) groups is 1. The predicted octanol–water partition coefficient (Wildman–Crippen LogP) is 3.30. The average Bonchev–Trinajstić information content (AvgIpc) is 3.18. The lowest BCUT2D eigenvalue weighted by atomic mass is 10.1. The van der Waals surface area contributed by atoms with E-state index in [0.29, 0.717) is 17.4 Å². The number of amides is 1. The fraction of sp³-hybridized carbons (Fsp3) is 0.304. The Kier molecular flexibility index (Phi) is 6.67. The zero-order valence-electron chi connectivity index (χ0n) is 18.6. The highest BCUT2D eigenvalue weighted by Gasteiger charge is 2.32. The molecule has 1 saturated heterocycles. The van der Waals surface area contributed by atoms with Crippen molar-refractivity contribution in [3.8, 4) is 5.75 Å². The number of aromatic nitrogens is 1. The summed E-state index contributed by atoms with van der Waals surface area (Å²) in [4.78, 5) is 14.8. The molecule has 1 amide bonds. The molecule has 0 saturated carbocycles. The van der Waals surface area contributed by atoms with Crippen LogP contribution in [0.15, 0.2) is 51.9 Å². The summed E-state index contributed by atoms with van der Waals surface area (Å²) in [6.45, 7) is 3.86. The second-order valence-electron chi connectivity index (χ2n) is 7.94. The molecule has 180 valence electrons. The summed E-state index contributed by atoms with van der Waals surface area (Å²) in [5.41, 5.74) is 1.30. The fourth-order valence-electron chi connectivity index (χ4n) is 3.61. The second-order valence-corrected chi connectivity index (χ2v) is 9.88. The highest BCUT2D eigenvalue weighted by Crippen LogP contribution is 2.23. The first kappa shape index (κ1) is 23.8. The lowest BCUT2D eigenvalue weighted by Gasteiger charge is -2.33. The van der Waals surface area contributed by atoms with Gasteiger partial charge in [0.2, 0.25) is 10.0 Å². The molecule has 0 unspecified atom stereocenters. The molecular weight excluding hydrogens is 468 g/mol. The van der Waals surface area contributed by atoms with Gasteiger partial charge in [0, 0.05) is 32.2 Å². The zero-order valence-corrected chi connectivity index (χ0v) is 19.4. The molecule has 0 atom stereocenters. The van der Waals surface area contributed by atoms with Gasteiger partial charge in [0.15, 0.2) is 17.3 Å². The lowest BCUT2D eigenvalue weighted by Crippen LogP contribution is -2.50. The number of ether oxygens (including phenoxy) is 1. The highest BCUT2D eigenvalue weighted by atomic mass is 32.2. The van der Waals surface area contributed by atoms with E-state index in [4.69, 9.17) is 9.26 Å². The van der Waals surface area contributed by atoms with Crippen LogP contribution >= 0.6 is 0 Å². The van der Waals surface area contributed by atoms with Crippen LogP contribution in [0.4, 0.5) is 8.78 Å². The Hall–Kier alpha value is -3.31. The molecule has 0 spiro atoms. The summed E-state index contributed by atoms with van der Waals surface area (Å²) in [5.74, 6) is -1.89. The quantitative estimate of drug-likeness (QED) is 0.525. The fourth-order valence-corrected chi connectivity index (χ4v) is 5.03. The van der Waals surface area contributed by atoms with E-state index in [1.165, 1.54) is 9.21 Å². The lowest BCUT2D eigenvalue weighted by molar-refractivity contribution is 0.0685. The molecule has 11 heteroatoms. The van der Waals surface area contributed by atoms with Crippen LogP contribution in [0.2, 0.25) is 0 Å². The molecule has 0 aliphatic carbocycles. The third kappa shape index (κ3) is 4.80. The molecule has 34 heavy (non-hydrogen) atoms. The van der Waals surface area contributed by atoms with Crippen LogP contribution < -0.4 is 4.74 Å². The number of benzene rings is 2. The van der Waals surface area contributed by atoms with Crippen molar-refractivity contribution in [2.24, 2.45) is 0 Å². The number of sulfonamides is 1. The molecule has 1 aliphatic rings. The summed E-state index contributed by atoms with van der Waals surface area (Å²) in [6.07, 6.45) is 0. The molecule has 2 aromatic carbocycles. The third-order valence-electron chi connectivity index (χ3n) is 5.64. The summed E-state index contributed by atoms with van der Waals surface area (Å²) in [6, 6.07) is 9.53. The van der Waals surface area contributed by atoms with Gasteiger partial charge in [-0.1, -0.05) is 22.9 Å². The van der Waals surface area contributed by atoms with Crippen molar-refractivity contribution in [3.05, 3.63) is 76.7 Å². The first-order valence-electron chi connectivity index (χ1n) is 10.6. The van der Waals surface area contributed by atoms with Gasteiger partial charge in [-0.15, -0.1) is 0 Å². The standard InChI is InChI=1S/C23H23F2N3O5S/c1-15-3-6-18(7-4-15)34(30,31)28-11-9-27(10-12-28)23(29)22-19(16(2)33-26-22)14-32-21-8-5-17(24)13-20(21)25/h3-8,13H,9-12,14H2,1-2H3. The van der Waals surface area contributed by atoms with Crippen LogP contribution in [0.1, 0.15) is 27.4 Å². The molecule has 2 heterocycles. The van der Waals surface area contributed by atoms with E-state index in [1.807, 2.05) is 6.92 Å². The Bertz CT molecular complexity index is 1300. The maximum Gasteiger partial charge on any atom is 0.276 e. The number of rotatable bonds is 6. The molecule has 0 radical (unpaired) electrons. The van der Waals surface area contributed by atoms with Crippen molar-refractivity contribution in [1.29, 1.82) is 0 Å². The van der Waals surface area contributed by atoms with Crippen LogP contribution in [0.5, 0.6) is 5.75 Å². The van der Waals surface area contributed by atoms with Gasteiger partial charge in [0.25, 0.3) is 5.91 Å². The van der Waals surface area contributed by atoms with Crippen LogP contribution in [0.3, 0.4) is 0 Å². The SMILES string of the molecule is Cc1ccc(S(=O)(=O)N2CCN(C(=O)c3noc(C)c3COc3ccc(F)cc3F)CC2)cc1. The molecule has 0 bridgehead atoms.